The highest BCUT2D eigenvalue weighted by molar-refractivity contribution is 5.75. The van der Waals surface area contributed by atoms with Crippen LogP contribution in [0.25, 0.3) is 0 Å². The minimum atomic E-state index is -0.00870. The van der Waals surface area contributed by atoms with Crippen LogP contribution in [0, 0.1) is 5.21 Å². The fraction of sp³-hybridized carbons (Fsp3) is 0.125. The van der Waals surface area contributed by atoms with Crippen LogP contribution in [-0.2, 0) is 0 Å². The van der Waals surface area contributed by atoms with Crippen LogP contribution in [0.3, 0.4) is 0 Å². The third-order valence-electron chi connectivity index (χ3n) is 1.06. The van der Waals surface area contributed by atoms with Gasteiger partial charge in [0.05, 0.1) is 0 Å². The minimum Gasteiger partial charge on any atom is -0.624 e. The van der Waals surface area contributed by atoms with Crippen molar-refractivity contribution in [1.29, 1.82) is 0 Å². The molecule has 0 aromatic heterocycles. The van der Waals surface area contributed by atoms with Crippen LogP contribution in [0.2, 0.25) is 0 Å². The second-order valence-corrected chi connectivity index (χ2v) is 1.98. The maximum Gasteiger partial charge on any atom is 0.181 e. The summed E-state index contributed by atoms with van der Waals surface area (Å²) in [5.74, 6) is 0. The predicted molar refractivity (Wildman–Crippen MR) is 41.2 cm³/mol. The maximum absolute atomic E-state index is 10.6. The highest BCUT2D eigenvalue weighted by Gasteiger charge is 1.86. The summed E-state index contributed by atoms with van der Waals surface area (Å²) in [6, 6.07) is 8.91. The lowest BCUT2D eigenvalue weighted by Gasteiger charge is -1.93. The molecule has 0 amide bonds. The monoisotopic (exact) mass is 136 g/mol. The van der Waals surface area contributed by atoms with Crippen LogP contribution in [0.4, 0.5) is 0 Å². The van der Waals surface area contributed by atoms with E-state index in [-0.39, 0.29) is 6.19 Å². The van der Waals surface area contributed by atoms with E-state index in [1.54, 1.807) is 24.3 Å². The van der Waals surface area contributed by atoms with E-state index >= 15 is 0 Å². The maximum atomic E-state index is 10.6. The van der Waals surface area contributed by atoms with E-state index in [0.717, 1.165) is 0 Å². The van der Waals surface area contributed by atoms with Gasteiger partial charge >= 0.3 is 0 Å². The first kappa shape index (κ1) is 5.47. The van der Waals surface area contributed by atoms with Gasteiger partial charge in [-0.1, -0.05) is 18.2 Å². The molecule has 10 heavy (non-hydrogen) atoms. The van der Waals surface area contributed by atoms with Crippen LogP contribution in [0.1, 0.15) is 6.93 Å². The SMILES string of the molecule is [2H]/C(c1ccccc1)=[N+](\C)[O-]. The van der Waals surface area contributed by atoms with E-state index in [0.29, 0.717) is 10.3 Å². The van der Waals surface area contributed by atoms with E-state index in [2.05, 4.69) is 0 Å². The minimum absolute atomic E-state index is 0.00870. The van der Waals surface area contributed by atoms with Crippen LogP contribution in [-0.4, -0.2) is 18.0 Å². The average Bonchev–Trinajstić information content (AvgIpc) is 2.05. The van der Waals surface area contributed by atoms with Crippen molar-refractivity contribution in [1.82, 2.24) is 0 Å². The molecule has 2 heteroatoms. The Labute approximate surface area is 61.4 Å². The van der Waals surface area contributed by atoms with Crippen LogP contribution < -0.4 is 0 Å². The topological polar surface area (TPSA) is 26.1 Å². The fourth-order valence-corrected chi connectivity index (χ4v) is 0.694. The molecule has 0 atom stereocenters. The average molecular weight is 136 g/mol. The van der Waals surface area contributed by atoms with Crippen molar-refractivity contribution in [2.24, 2.45) is 0 Å². The van der Waals surface area contributed by atoms with Crippen LogP contribution >= 0.6 is 0 Å². The second kappa shape index (κ2) is 3.01. The molecule has 0 N–H and O–H groups in total. The molecule has 2 nitrogen and oxygen atoms in total. The van der Waals surface area contributed by atoms with Gasteiger partial charge < -0.3 is 5.21 Å². The van der Waals surface area contributed by atoms with Gasteiger partial charge in [-0.25, -0.2) is 4.74 Å². The Morgan fingerprint density at radius 2 is 2.10 bits per heavy atom. The Kier molecular flexibility index (Phi) is 1.65. The van der Waals surface area contributed by atoms with Gasteiger partial charge in [0.15, 0.2) is 6.19 Å². The molecule has 0 aliphatic heterocycles. The predicted octanol–water partition coefficient (Wildman–Crippen LogP) is 1.25. The van der Waals surface area contributed by atoms with Gasteiger partial charge in [-0.3, -0.25) is 0 Å². The Morgan fingerprint density at radius 3 is 2.60 bits per heavy atom. The molecule has 0 saturated heterocycles. The van der Waals surface area contributed by atoms with E-state index < -0.39 is 0 Å². The van der Waals surface area contributed by atoms with Gasteiger partial charge in [-0.05, 0) is 12.1 Å². The molecule has 1 rings (SSSR count). The smallest absolute Gasteiger partial charge is 0.181 e. The summed E-state index contributed by atoms with van der Waals surface area (Å²) in [6.45, 7) is 0. The summed E-state index contributed by atoms with van der Waals surface area (Å²) >= 11 is 0. The van der Waals surface area contributed by atoms with E-state index in [1.165, 1.54) is 7.05 Å². The molecular formula is C8H9NO. The lowest BCUT2D eigenvalue weighted by Crippen LogP contribution is -1.96. The molecule has 1 aromatic rings. The molecular weight excluding hydrogens is 126 g/mol. The lowest BCUT2D eigenvalue weighted by molar-refractivity contribution is -0.416. The van der Waals surface area contributed by atoms with Gasteiger partial charge in [-0.2, -0.15) is 0 Å². The van der Waals surface area contributed by atoms with Crippen molar-refractivity contribution in [3.8, 4) is 0 Å². The number of hydroxylamine groups is 1. The second-order valence-electron chi connectivity index (χ2n) is 1.98. The molecule has 1 aromatic carbocycles. The van der Waals surface area contributed by atoms with Crippen LogP contribution in [0.15, 0.2) is 30.3 Å². The molecule has 0 aliphatic rings. The highest BCUT2D eigenvalue weighted by Crippen LogP contribution is 1.92. The van der Waals surface area contributed by atoms with Crippen molar-refractivity contribution in [3.63, 3.8) is 0 Å². The van der Waals surface area contributed by atoms with Crippen molar-refractivity contribution < 1.29 is 6.11 Å². The Hall–Kier alpha value is -1.31. The molecule has 0 heterocycles. The molecule has 52 valence electrons. The largest absolute Gasteiger partial charge is 0.624 e. The Bertz CT molecular complexity index is 265. The Balaban J connectivity index is 3.04. The van der Waals surface area contributed by atoms with E-state index in [9.17, 15) is 5.21 Å². The fourth-order valence-electron chi connectivity index (χ4n) is 0.694. The highest BCUT2D eigenvalue weighted by atomic mass is 16.5. The van der Waals surface area contributed by atoms with E-state index in [4.69, 9.17) is 1.37 Å². The normalized spacial score (nSPS) is 13.9. The Morgan fingerprint density at radius 1 is 1.50 bits per heavy atom. The number of rotatable bonds is 1. The first-order chi connectivity index (χ1) is 5.22. The quantitative estimate of drug-likeness (QED) is 0.247. The van der Waals surface area contributed by atoms with Crippen molar-refractivity contribution >= 4 is 6.19 Å². The number of nitrogens with zero attached hydrogens (tertiary/aromatic N) is 1. The standard InChI is InChI=1S/C8H9NO/c1-9(10)7-8-5-3-2-4-6-8/h2-7H,1H3/b9-7-/i7D. The number of hydrogen-bond acceptors (Lipinski definition) is 1. The summed E-state index contributed by atoms with van der Waals surface area (Å²) < 4.78 is 7.83. The zero-order valence-corrected chi connectivity index (χ0v) is 5.74. The third-order valence-corrected chi connectivity index (χ3v) is 1.06. The van der Waals surface area contributed by atoms with Crippen molar-refractivity contribution in [2.75, 3.05) is 7.05 Å². The van der Waals surface area contributed by atoms with Crippen LogP contribution in [0.5, 0.6) is 0 Å². The zero-order chi connectivity index (χ0) is 8.27. The van der Waals surface area contributed by atoms with Crippen molar-refractivity contribution in [2.45, 2.75) is 0 Å². The summed E-state index contributed by atoms with van der Waals surface area (Å²) in [5.41, 5.74) is 0.644. The van der Waals surface area contributed by atoms with Gasteiger partial charge in [0.1, 0.15) is 8.42 Å². The van der Waals surface area contributed by atoms with Gasteiger partial charge in [0.25, 0.3) is 0 Å². The molecule has 0 saturated carbocycles. The van der Waals surface area contributed by atoms with Gasteiger partial charge in [0.2, 0.25) is 0 Å². The summed E-state index contributed by atoms with van der Waals surface area (Å²) in [4.78, 5) is 0. The summed E-state index contributed by atoms with van der Waals surface area (Å²) in [7, 11) is 1.31. The third kappa shape index (κ3) is 1.90. The first-order valence-electron chi connectivity index (χ1n) is 3.51. The first-order valence-corrected chi connectivity index (χ1v) is 3.01. The number of hydrogen-bond donors (Lipinski definition) is 0. The molecule has 0 radical (unpaired) electrons. The van der Waals surface area contributed by atoms with Crippen molar-refractivity contribution in [3.05, 3.63) is 41.1 Å². The number of benzene rings is 1. The van der Waals surface area contributed by atoms with Gasteiger partial charge in [0, 0.05) is 5.56 Å². The molecule has 0 aliphatic carbocycles. The summed E-state index contributed by atoms with van der Waals surface area (Å²) in [5, 5.41) is 10.6. The molecule has 0 fully saturated rings. The van der Waals surface area contributed by atoms with E-state index in [1.807, 2.05) is 6.07 Å². The van der Waals surface area contributed by atoms with Gasteiger partial charge in [-0.15, -0.1) is 0 Å². The molecule has 0 spiro atoms. The zero-order valence-electron chi connectivity index (χ0n) is 6.74. The molecule has 0 unspecified atom stereocenters. The molecule has 0 bridgehead atoms. The summed E-state index contributed by atoms with van der Waals surface area (Å²) in [6.07, 6.45) is -0.00870. The lowest BCUT2D eigenvalue weighted by atomic mass is 10.2.